The van der Waals surface area contributed by atoms with Crippen molar-refractivity contribution in [3.63, 3.8) is 0 Å². The maximum atomic E-state index is 4.12. The molecule has 1 saturated heterocycles. The highest BCUT2D eigenvalue weighted by molar-refractivity contribution is 5.44. The van der Waals surface area contributed by atoms with Crippen LogP contribution in [-0.4, -0.2) is 42.1 Å². The molecule has 2 saturated carbocycles. The molecule has 1 aromatic rings. The number of anilines is 1. The Morgan fingerprint density at radius 2 is 1.65 bits per heavy atom. The Morgan fingerprint density at radius 3 is 2.45 bits per heavy atom. The van der Waals surface area contributed by atoms with Crippen LogP contribution in [0.1, 0.15) is 32.1 Å². The van der Waals surface area contributed by atoms with E-state index in [1.807, 2.05) is 12.4 Å². The number of pyridine rings is 1. The average Bonchev–Trinajstić information content (AvgIpc) is 2.90. The van der Waals surface area contributed by atoms with Crippen LogP contribution in [-0.2, 0) is 0 Å². The standard InChI is InChI=1S/C17H25N3/c1-3-15-13-14(1)2-4-17(15)20-11-9-19(10-12-20)16-5-7-18-8-6-16/h5-8,14-15,17H,1-4,9-13H2/t14-,15+,17+/m1/s1. The van der Waals surface area contributed by atoms with Crippen LogP contribution in [0.25, 0.3) is 0 Å². The van der Waals surface area contributed by atoms with Crippen molar-refractivity contribution in [2.75, 3.05) is 31.1 Å². The summed E-state index contributed by atoms with van der Waals surface area (Å²) in [5.41, 5.74) is 1.34. The van der Waals surface area contributed by atoms with Crippen LogP contribution in [0.15, 0.2) is 24.5 Å². The van der Waals surface area contributed by atoms with Gasteiger partial charge in [0.1, 0.15) is 0 Å². The molecule has 4 rings (SSSR count). The Bertz CT molecular complexity index is 439. The first kappa shape index (κ1) is 12.6. The molecule has 2 heterocycles. The second-order valence-corrected chi connectivity index (χ2v) is 6.81. The van der Waals surface area contributed by atoms with Crippen LogP contribution in [0.5, 0.6) is 0 Å². The van der Waals surface area contributed by atoms with E-state index in [0.29, 0.717) is 0 Å². The van der Waals surface area contributed by atoms with Crippen molar-refractivity contribution in [1.82, 2.24) is 9.88 Å². The Kier molecular flexibility index (Phi) is 3.39. The zero-order chi connectivity index (χ0) is 13.4. The molecule has 2 aliphatic carbocycles. The predicted molar refractivity (Wildman–Crippen MR) is 81.9 cm³/mol. The van der Waals surface area contributed by atoms with Crippen LogP contribution in [0, 0.1) is 11.8 Å². The van der Waals surface area contributed by atoms with Gasteiger partial charge in [0.05, 0.1) is 0 Å². The molecule has 3 heteroatoms. The molecule has 0 spiro atoms. The maximum Gasteiger partial charge on any atom is 0.0397 e. The molecule has 2 bridgehead atoms. The van der Waals surface area contributed by atoms with Gasteiger partial charge < -0.3 is 4.90 Å². The number of fused-ring (bicyclic) bond motifs is 2. The van der Waals surface area contributed by atoms with Gasteiger partial charge in [0, 0.05) is 50.3 Å². The van der Waals surface area contributed by atoms with E-state index >= 15 is 0 Å². The summed E-state index contributed by atoms with van der Waals surface area (Å²) in [4.78, 5) is 9.43. The van der Waals surface area contributed by atoms with Gasteiger partial charge in [-0.2, -0.15) is 0 Å². The molecule has 108 valence electrons. The molecule has 3 atom stereocenters. The molecule has 20 heavy (non-hydrogen) atoms. The molecule has 0 amide bonds. The quantitative estimate of drug-likeness (QED) is 0.824. The maximum absolute atomic E-state index is 4.12. The van der Waals surface area contributed by atoms with Gasteiger partial charge in [-0.25, -0.2) is 0 Å². The van der Waals surface area contributed by atoms with Crippen LogP contribution in [0.2, 0.25) is 0 Å². The van der Waals surface area contributed by atoms with E-state index < -0.39 is 0 Å². The summed E-state index contributed by atoms with van der Waals surface area (Å²) in [7, 11) is 0. The molecule has 3 nitrogen and oxygen atoms in total. The zero-order valence-electron chi connectivity index (χ0n) is 12.2. The highest BCUT2D eigenvalue weighted by Crippen LogP contribution is 2.44. The van der Waals surface area contributed by atoms with E-state index in [-0.39, 0.29) is 0 Å². The molecular weight excluding hydrogens is 246 g/mol. The largest absolute Gasteiger partial charge is 0.369 e. The third-order valence-electron chi connectivity index (χ3n) is 5.81. The summed E-state index contributed by atoms with van der Waals surface area (Å²) in [5.74, 6) is 2.09. The van der Waals surface area contributed by atoms with Crippen molar-refractivity contribution >= 4 is 5.69 Å². The number of nitrogens with zero attached hydrogens (tertiary/aromatic N) is 3. The first-order chi connectivity index (χ1) is 9.90. The zero-order valence-corrected chi connectivity index (χ0v) is 12.2. The lowest BCUT2D eigenvalue weighted by Gasteiger charge is -2.44. The highest BCUT2D eigenvalue weighted by atomic mass is 15.3. The smallest absolute Gasteiger partial charge is 0.0397 e. The minimum absolute atomic E-state index is 0.897. The van der Waals surface area contributed by atoms with Crippen molar-refractivity contribution < 1.29 is 0 Å². The molecule has 3 aliphatic rings. The van der Waals surface area contributed by atoms with Crippen LogP contribution >= 0.6 is 0 Å². The van der Waals surface area contributed by atoms with Gasteiger partial charge in [0.15, 0.2) is 0 Å². The molecule has 0 aromatic carbocycles. The lowest BCUT2D eigenvalue weighted by atomic mass is 9.84. The summed E-state index contributed by atoms with van der Waals surface area (Å²) in [5, 5.41) is 0. The molecular formula is C17H25N3. The normalized spacial score (nSPS) is 34.4. The first-order valence-corrected chi connectivity index (χ1v) is 8.29. The van der Waals surface area contributed by atoms with Gasteiger partial charge in [0.25, 0.3) is 0 Å². The molecule has 0 unspecified atom stereocenters. The van der Waals surface area contributed by atoms with Gasteiger partial charge in [-0.3, -0.25) is 9.88 Å². The number of hydrogen-bond acceptors (Lipinski definition) is 3. The second kappa shape index (κ2) is 5.36. The number of piperazine rings is 1. The summed E-state index contributed by atoms with van der Waals surface area (Å²) in [6.07, 6.45) is 11.3. The third-order valence-corrected chi connectivity index (χ3v) is 5.81. The third kappa shape index (κ3) is 2.32. The highest BCUT2D eigenvalue weighted by Gasteiger charge is 2.39. The lowest BCUT2D eigenvalue weighted by molar-refractivity contribution is 0.103. The topological polar surface area (TPSA) is 19.4 Å². The van der Waals surface area contributed by atoms with Gasteiger partial charge in [0.2, 0.25) is 0 Å². The summed E-state index contributed by atoms with van der Waals surface area (Å²) in [6, 6.07) is 5.17. The molecule has 1 aromatic heterocycles. The van der Waals surface area contributed by atoms with E-state index in [1.165, 1.54) is 64.0 Å². The number of hydrogen-bond donors (Lipinski definition) is 0. The van der Waals surface area contributed by atoms with Crippen LogP contribution in [0.4, 0.5) is 5.69 Å². The summed E-state index contributed by atoms with van der Waals surface area (Å²) >= 11 is 0. The van der Waals surface area contributed by atoms with Crippen molar-refractivity contribution in [1.29, 1.82) is 0 Å². The van der Waals surface area contributed by atoms with E-state index in [9.17, 15) is 0 Å². The second-order valence-electron chi connectivity index (χ2n) is 6.81. The first-order valence-electron chi connectivity index (χ1n) is 8.29. The SMILES string of the molecule is c1cc(N2CCN([C@H]3CC[C@H]4CC[C@H]3C4)CC2)ccn1. The van der Waals surface area contributed by atoms with Crippen molar-refractivity contribution in [3.8, 4) is 0 Å². The number of aromatic nitrogens is 1. The molecule has 1 aliphatic heterocycles. The Labute approximate surface area is 122 Å². The minimum Gasteiger partial charge on any atom is -0.369 e. The Morgan fingerprint density at radius 1 is 0.900 bits per heavy atom. The van der Waals surface area contributed by atoms with Crippen molar-refractivity contribution in [3.05, 3.63) is 24.5 Å². The summed E-state index contributed by atoms with van der Waals surface area (Å²) in [6.45, 7) is 4.84. The van der Waals surface area contributed by atoms with Gasteiger partial charge >= 0.3 is 0 Å². The fraction of sp³-hybridized carbons (Fsp3) is 0.706. The fourth-order valence-corrected chi connectivity index (χ4v) is 4.71. The van der Waals surface area contributed by atoms with Gasteiger partial charge in [-0.15, -0.1) is 0 Å². The monoisotopic (exact) mass is 271 g/mol. The van der Waals surface area contributed by atoms with Crippen molar-refractivity contribution in [2.24, 2.45) is 11.8 Å². The van der Waals surface area contributed by atoms with Crippen LogP contribution < -0.4 is 4.90 Å². The Balaban J connectivity index is 1.37. The van der Waals surface area contributed by atoms with E-state index in [1.54, 1.807) is 0 Å². The Hall–Kier alpha value is -1.09. The molecule has 0 radical (unpaired) electrons. The van der Waals surface area contributed by atoms with Crippen molar-refractivity contribution in [2.45, 2.75) is 38.1 Å². The lowest BCUT2D eigenvalue weighted by Crippen LogP contribution is -2.52. The summed E-state index contributed by atoms with van der Waals surface area (Å²) < 4.78 is 0. The van der Waals surface area contributed by atoms with Gasteiger partial charge in [-0.05, 0) is 49.7 Å². The van der Waals surface area contributed by atoms with E-state index in [2.05, 4.69) is 26.9 Å². The van der Waals surface area contributed by atoms with E-state index in [0.717, 1.165) is 17.9 Å². The fourth-order valence-electron chi connectivity index (χ4n) is 4.71. The number of rotatable bonds is 2. The van der Waals surface area contributed by atoms with Crippen LogP contribution in [0.3, 0.4) is 0 Å². The predicted octanol–water partition coefficient (Wildman–Crippen LogP) is 2.78. The van der Waals surface area contributed by atoms with E-state index in [4.69, 9.17) is 0 Å². The molecule has 0 N–H and O–H groups in total. The van der Waals surface area contributed by atoms with Gasteiger partial charge in [-0.1, -0.05) is 6.42 Å². The molecule has 3 fully saturated rings. The average molecular weight is 271 g/mol. The minimum atomic E-state index is 0.897.